The topological polar surface area (TPSA) is 75.7 Å². The molecule has 0 radical (unpaired) electrons. The smallest absolute Gasteiger partial charge is 0.243 e. The third-order valence-corrected chi connectivity index (χ3v) is 8.17. The van der Waals surface area contributed by atoms with Crippen LogP contribution in [0.25, 0.3) is 0 Å². The first-order chi connectivity index (χ1) is 16.1. The van der Waals surface area contributed by atoms with E-state index in [0.717, 1.165) is 14.3 Å². The summed E-state index contributed by atoms with van der Waals surface area (Å²) >= 11 is 15.4. The maximum absolute atomic E-state index is 13.4. The van der Waals surface area contributed by atoms with Crippen molar-refractivity contribution in [1.82, 2.24) is 9.62 Å². The van der Waals surface area contributed by atoms with E-state index >= 15 is 0 Å². The van der Waals surface area contributed by atoms with Gasteiger partial charge in [-0.05, 0) is 55.0 Å². The molecule has 0 aliphatic rings. The molecule has 10 heteroatoms. The van der Waals surface area contributed by atoms with Crippen molar-refractivity contribution in [2.24, 2.45) is 0 Å². The highest BCUT2D eigenvalue weighted by Gasteiger charge is 2.28. The lowest BCUT2D eigenvalue weighted by Gasteiger charge is -2.24. The molecule has 1 amide bonds. The Labute approximate surface area is 218 Å². The summed E-state index contributed by atoms with van der Waals surface area (Å²) in [5.74, 6) is 0.171. The summed E-state index contributed by atoms with van der Waals surface area (Å²) in [4.78, 5) is 13.0. The largest absolute Gasteiger partial charge is 0.496 e. The van der Waals surface area contributed by atoms with Gasteiger partial charge in [-0.25, -0.2) is 8.42 Å². The molecule has 1 N–H and O–H groups in total. The molecular formula is C24H23BrCl2N2O4S. The Hall–Kier alpha value is -2.10. The number of carbonyl (C=O) groups is 1. The molecule has 3 aromatic carbocycles. The molecular weight excluding hydrogens is 563 g/mol. The van der Waals surface area contributed by atoms with Gasteiger partial charge in [0.15, 0.2) is 0 Å². The van der Waals surface area contributed by atoms with E-state index in [-0.39, 0.29) is 11.4 Å². The second-order valence-electron chi connectivity index (χ2n) is 7.51. The van der Waals surface area contributed by atoms with Gasteiger partial charge in [0, 0.05) is 16.6 Å². The van der Waals surface area contributed by atoms with E-state index < -0.39 is 28.5 Å². The van der Waals surface area contributed by atoms with Gasteiger partial charge in [-0.15, -0.1) is 0 Å². The molecule has 0 heterocycles. The van der Waals surface area contributed by atoms with Gasteiger partial charge in [0.05, 0.1) is 34.6 Å². The van der Waals surface area contributed by atoms with Gasteiger partial charge in [-0.2, -0.15) is 4.31 Å². The third-order valence-electron chi connectivity index (χ3n) is 5.10. The second-order valence-corrected chi connectivity index (χ2v) is 11.2. The Morgan fingerprint density at radius 2 is 1.74 bits per heavy atom. The average molecular weight is 586 g/mol. The molecule has 0 bridgehead atoms. The van der Waals surface area contributed by atoms with Crippen LogP contribution in [0.2, 0.25) is 10.0 Å². The SMILES string of the molecule is COc1ccccc1[C@H](C)NC(=O)CN(Cc1ccc(Cl)c(Cl)c1)S(=O)(=O)c1ccc(Br)cc1. The normalized spacial score (nSPS) is 12.4. The number of sulfonamides is 1. The molecule has 0 aliphatic carbocycles. The summed E-state index contributed by atoms with van der Waals surface area (Å²) in [6, 6.07) is 18.0. The minimum absolute atomic E-state index is 0.0637. The number of para-hydroxylation sites is 1. The summed E-state index contributed by atoms with van der Waals surface area (Å²) in [7, 11) is -2.44. The lowest BCUT2D eigenvalue weighted by molar-refractivity contribution is -0.122. The highest BCUT2D eigenvalue weighted by atomic mass is 79.9. The Morgan fingerprint density at radius 1 is 1.06 bits per heavy atom. The molecule has 0 unspecified atom stereocenters. The van der Waals surface area contributed by atoms with Crippen LogP contribution >= 0.6 is 39.1 Å². The van der Waals surface area contributed by atoms with Crippen LogP contribution in [0.3, 0.4) is 0 Å². The van der Waals surface area contributed by atoms with E-state index in [2.05, 4.69) is 21.2 Å². The predicted molar refractivity (Wildman–Crippen MR) is 138 cm³/mol. The van der Waals surface area contributed by atoms with Gasteiger partial charge in [-0.3, -0.25) is 4.79 Å². The van der Waals surface area contributed by atoms with Crippen molar-refractivity contribution in [2.45, 2.75) is 24.4 Å². The van der Waals surface area contributed by atoms with Crippen molar-refractivity contribution in [3.8, 4) is 5.75 Å². The number of carbonyl (C=O) groups excluding carboxylic acids is 1. The van der Waals surface area contributed by atoms with E-state index in [1.807, 2.05) is 25.1 Å². The number of nitrogens with one attached hydrogen (secondary N) is 1. The van der Waals surface area contributed by atoms with Gasteiger partial charge in [-0.1, -0.05) is 63.4 Å². The number of rotatable bonds is 9. The van der Waals surface area contributed by atoms with E-state index in [1.54, 1.807) is 43.5 Å². The fraction of sp³-hybridized carbons (Fsp3) is 0.208. The van der Waals surface area contributed by atoms with Gasteiger partial charge in [0.1, 0.15) is 5.75 Å². The molecule has 0 spiro atoms. The summed E-state index contributed by atoms with van der Waals surface area (Å²) < 4.78 is 34.1. The van der Waals surface area contributed by atoms with Crippen LogP contribution in [-0.4, -0.2) is 32.3 Å². The van der Waals surface area contributed by atoms with Gasteiger partial charge >= 0.3 is 0 Å². The zero-order valence-corrected chi connectivity index (χ0v) is 22.4. The molecule has 0 aromatic heterocycles. The van der Waals surface area contributed by atoms with E-state index in [0.29, 0.717) is 21.4 Å². The predicted octanol–water partition coefficient (Wildman–Crippen LogP) is 5.83. The monoisotopic (exact) mass is 584 g/mol. The first-order valence-corrected chi connectivity index (χ1v) is 13.2. The first-order valence-electron chi connectivity index (χ1n) is 10.2. The lowest BCUT2D eigenvalue weighted by atomic mass is 10.1. The summed E-state index contributed by atoms with van der Waals surface area (Å²) in [5.41, 5.74) is 1.38. The van der Waals surface area contributed by atoms with Crippen LogP contribution in [-0.2, 0) is 21.4 Å². The van der Waals surface area contributed by atoms with Crippen LogP contribution in [0.15, 0.2) is 76.1 Å². The van der Waals surface area contributed by atoms with Gasteiger partial charge < -0.3 is 10.1 Å². The van der Waals surface area contributed by atoms with Crippen molar-refractivity contribution >= 4 is 55.1 Å². The molecule has 0 saturated carbocycles. The van der Waals surface area contributed by atoms with E-state index in [1.165, 1.54) is 12.1 Å². The molecule has 34 heavy (non-hydrogen) atoms. The number of nitrogens with zero attached hydrogens (tertiary/aromatic N) is 1. The minimum Gasteiger partial charge on any atom is -0.496 e. The van der Waals surface area contributed by atoms with Gasteiger partial charge in [0.25, 0.3) is 0 Å². The van der Waals surface area contributed by atoms with Crippen molar-refractivity contribution in [3.63, 3.8) is 0 Å². The summed E-state index contributed by atoms with van der Waals surface area (Å²) in [6.07, 6.45) is 0. The third kappa shape index (κ3) is 6.52. The number of methoxy groups -OCH3 is 1. The van der Waals surface area contributed by atoms with Crippen LogP contribution in [0.4, 0.5) is 0 Å². The quantitative estimate of drug-likeness (QED) is 0.343. The maximum atomic E-state index is 13.4. The highest BCUT2D eigenvalue weighted by molar-refractivity contribution is 9.10. The minimum atomic E-state index is -4.00. The summed E-state index contributed by atoms with van der Waals surface area (Å²) in [5, 5.41) is 3.52. The first kappa shape index (κ1) is 26.5. The maximum Gasteiger partial charge on any atom is 0.243 e. The van der Waals surface area contributed by atoms with E-state index in [4.69, 9.17) is 27.9 Å². The van der Waals surface area contributed by atoms with Crippen LogP contribution < -0.4 is 10.1 Å². The number of hydrogen-bond donors (Lipinski definition) is 1. The molecule has 3 rings (SSSR count). The fourth-order valence-corrected chi connectivity index (χ4v) is 5.34. The lowest BCUT2D eigenvalue weighted by Crippen LogP contribution is -2.41. The molecule has 1 atom stereocenters. The molecule has 3 aromatic rings. The molecule has 180 valence electrons. The highest BCUT2D eigenvalue weighted by Crippen LogP contribution is 2.27. The van der Waals surface area contributed by atoms with E-state index in [9.17, 15) is 13.2 Å². The van der Waals surface area contributed by atoms with Crippen LogP contribution in [0, 0.1) is 0 Å². The Bertz CT molecular complexity index is 1270. The zero-order chi connectivity index (χ0) is 24.9. The Morgan fingerprint density at radius 3 is 2.38 bits per heavy atom. The zero-order valence-electron chi connectivity index (χ0n) is 18.5. The number of benzene rings is 3. The van der Waals surface area contributed by atoms with Crippen molar-refractivity contribution in [1.29, 1.82) is 0 Å². The molecule has 0 saturated heterocycles. The van der Waals surface area contributed by atoms with Gasteiger partial charge in [0.2, 0.25) is 15.9 Å². The Kier molecular flexibility index (Phi) is 9.01. The molecule has 6 nitrogen and oxygen atoms in total. The number of hydrogen-bond acceptors (Lipinski definition) is 4. The van der Waals surface area contributed by atoms with Crippen molar-refractivity contribution < 1.29 is 17.9 Å². The molecule has 0 aliphatic heterocycles. The standard InChI is InChI=1S/C24H23BrCl2N2O4S/c1-16(20-5-3-4-6-23(20)33-2)28-24(30)15-29(14-17-7-12-21(26)22(27)13-17)34(31,32)19-10-8-18(25)9-11-19/h3-13,16H,14-15H2,1-2H3,(H,28,30)/t16-/m0/s1. The fourth-order valence-electron chi connectivity index (χ4n) is 3.37. The number of halogens is 3. The van der Waals surface area contributed by atoms with Crippen molar-refractivity contribution in [3.05, 3.63) is 92.4 Å². The van der Waals surface area contributed by atoms with Crippen LogP contribution in [0.5, 0.6) is 5.75 Å². The van der Waals surface area contributed by atoms with Crippen molar-refractivity contribution in [2.75, 3.05) is 13.7 Å². The number of amides is 1. The average Bonchev–Trinajstić information content (AvgIpc) is 2.81. The number of ether oxygens (including phenoxy) is 1. The Balaban J connectivity index is 1.87. The van der Waals surface area contributed by atoms with Crippen LogP contribution in [0.1, 0.15) is 24.1 Å². The second kappa shape index (κ2) is 11.6. The molecule has 0 fully saturated rings. The summed E-state index contributed by atoms with van der Waals surface area (Å²) in [6.45, 7) is 1.35.